The molecule has 0 spiro atoms. The zero-order chi connectivity index (χ0) is 21.3. The lowest BCUT2D eigenvalue weighted by Crippen LogP contribution is -2.51. The van der Waals surface area contributed by atoms with E-state index in [9.17, 15) is 9.59 Å². The van der Waals surface area contributed by atoms with Crippen LogP contribution < -0.4 is 0 Å². The highest BCUT2D eigenvalue weighted by Crippen LogP contribution is 2.40. The first kappa shape index (κ1) is 21.4. The summed E-state index contributed by atoms with van der Waals surface area (Å²) in [5.74, 6) is -0.926. The summed E-state index contributed by atoms with van der Waals surface area (Å²) in [6.07, 6.45) is 5.95. The monoisotopic (exact) mass is 437 g/mol. The second-order valence-electron chi connectivity index (χ2n) is 6.65. The highest BCUT2D eigenvalue weighted by atomic mass is 35.5. The Morgan fingerprint density at radius 3 is 2.66 bits per heavy atom. The summed E-state index contributed by atoms with van der Waals surface area (Å²) in [7, 11) is 0. The molecule has 3 atom stereocenters. The number of allylic oxidation sites excluding steroid dienone is 4. The van der Waals surface area contributed by atoms with Gasteiger partial charge in [0, 0.05) is 18.0 Å². The van der Waals surface area contributed by atoms with E-state index < -0.39 is 23.1 Å². The molecule has 1 aromatic rings. The number of alkyl halides is 2. The van der Waals surface area contributed by atoms with Crippen molar-refractivity contribution >= 4 is 40.6 Å². The Labute approximate surface area is 177 Å². The number of nitrogens with zero attached hydrogens (tertiary/aromatic N) is 3. The van der Waals surface area contributed by atoms with E-state index in [1.165, 1.54) is 41.4 Å². The fourth-order valence-electron chi connectivity index (χ4n) is 3.39. The van der Waals surface area contributed by atoms with Crippen LogP contribution in [0.25, 0.3) is 0 Å². The van der Waals surface area contributed by atoms with E-state index in [-0.39, 0.29) is 29.6 Å². The molecule has 3 unspecified atom stereocenters. The van der Waals surface area contributed by atoms with Gasteiger partial charge in [0.2, 0.25) is 5.91 Å². The van der Waals surface area contributed by atoms with Gasteiger partial charge in [0.25, 0.3) is 0 Å². The summed E-state index contributed by atoms with van der Waals surface area (Å²) in [4.78, 5) is 35.4. The van der Waals surface area contributed by atoms with Gasteiger partial charge in [0.15, 0.2) is 11.5 Å². The third kappa shape index (κ3) is 3.79. The maximum absolute atomic E-state index is 16.2. The van der Waals surface area contributed by atoms with Gasteiger partial charge in [-0.3, -0.25) is 14.7 Å². The zero-order valence-corrected chi connectivity index (χ0v) is 18.1. The molecule has 2 heterocycles. The molecule has 0 aromatic carbocycles. The van der Waals surface area contributed by atoms with Crippen LogP contribution in [0.3, 0.4) is 0 Å². The first-order valence-corrected chi connectivity index (χ1v) is 10.4. The van der Waals surface area contributed by atoms with Gasteiger partial charge in [-0.15, -0.1) is 22.9 Å². The topological polar surface area (TPSA) is 71.9 Å². The third-order valence-corrected chi connectivity index (χ3v) is 5.96. The number of thiazole rings is 1. The number of ether oxygens (including phenoxy) is 1. The highest BCUT2D eigenvalue weighted by Gasteiger charge is 2.51. The molecule has 1 aromatic heterocycles. The maximum atomic E-state index is 16.2. The van der Waals surface area contributed by atoms with E-state index in [4.69, 9.17) is 16.3 Å². The van der Waals surface area contributed by atoms with Gasteiger partial charge < -0.3 is 4.74 Å². The third-order valence-electron chi connectivity index (χ3n) is 4.70. The highest BCUT2D eigenvalue weighted by molar-refractivity contribution is 7.09. The SMILES string of the molecule is CCOC(=O)C1=C(C)N(C(C)=O)C(c2csc(C)n2)=NC1C1(F)C=CC=CC1Cl. The minimum absolute atomic E-state index is 0.0362. The summed E-state index contributed by atoms with van der Waals surface area (Å²) >= 11 is 7.68. The average molecular weight is 438 g/mol. The summed E-state index contributed by atoms with van der Waals surface area (Å²) in [5, 5.41) is 1.45. The molecule has 9 heteroatoms. The molecule has 0 N–H and O–H groups in total. The number of amides is 1. The molecule has 1 amide bonds. The van der Waals surface area contributed by atoms with E-state index >= 15 is 4.39 Å². The van der Waals surface area contributed by atoms with Crippen LogP contribution in [0, 0.1) is 6.92 Å². The van der Waals surface area contributed by atoms with Gasteiger partial charge in [-0.05, 0) is 26.8 Å². The quantitative estimate of drug-likeness (QED) is 0.531. The normalized spacial score (nSPS) is 26.6. The van der Waals surface area contributed by atoms with Crippen LogP contribution in [0.2, 0.25) is 0 Å². The molecule has 2 aliphatic rings. The van der Waals surface area contributed by atoms with Gasteiger partial charge in [-0.1, -0.05) is 18.2 Å². The van der Waals surface area contributed by atoms with Crippen LogP contribution >= 0.6 is 22.9 Å². The van der Waals surface area contributed by atoms with Gasteiger partial charge in [-0.25, -0.2) is 14.2 Å². The molecule has 3 rings (SSSR count). The van der Waals surface area contributed by atoms with Gasteiger partial charge in [0.1, 0.15) is 11.7 Å². The van der Waals surface area contributed by atoms with Crippen LogP contribution in [0.4, 0.5) is 4.39 Å². The molecule has 154 valence electrons. The Balaban J connectivity index is 2.24. The minimum atomic E-state index is -2.18. The second-order valence-corrected chi connectivity index (χ2v) is 8.19. The van der Waals surface area contributed by atoms with E-state index in [1.807, 2.05) is 6.92 Å². The molecule has 0 saturated heterocycles. The van der Waals surface area contributed by atoms with Crippen LogP contribution in [-0.2, 0) is 14.3 Å². The Morgan fingerprint density at radius 1 is 1.38 bits per heavy atom. The predicted molar refractivity (Wildman–Crippen MR) is 111 cm³/mol. The van der Waals surface area contributed by atoms with Crippen molar-refractivity contribution in [2.24, 2.45) is 4.99 Å². The summed E-state index contributed by atoms with van der Waals surface area (Å²) in [5.41, 5.74) is -1.54. The van der Waals surface area contributed by atoms with Crippen LogP contribution in [0.15, 0.2) is 45.9 Å². The Hall–Kier alpha value is -2.32. The molecule has 0 radical (unpaired) electrons. The lowest BCUT2D eigenvalue weighted by molar-refractivity contribution is -0.139. The first-order chi connectivity index (χ1) is 13.7. The van der Waals surface area contributed by atoms with Crippen LogP contribution in [0.1, 0.15) is 31.5 Å². The number of aryl methyl sites for hydroxylation is 1. The maximum Gasteiger partial charge on any atom is 0.338 e. The first-order valence-electron chi connectivity index (χ1n) is 9.08. The standard InChI is InChI=1S/C20H21ClFN3O3S/c1-5-28-19(27)16-11(2)25(13(4)26)18(14-10-29-12(3)23-14)24-17(16)20(22)9-7-6-8-15(20)21/h6-10,15,17H,5H2,1-4H3. The number of hydrogen-bond acceptors (Lipinski definition) is 6. The molecule has 6 nitrogen and oxygen atoms in total. The van der Waals surface area contributed by atoms with Crippen molar-refractivity contribution in [2.45, 2.75) is 44.8 Å². The van der Waals surface area contributed by atoms with E-state index in [2.05, 4.69) is 9.98 Å². The Bertz CT molecular complexity index is 968. The number of aliphatic imine (C=N–C) groups is 1. The van der Waals surface area contributed by atoms with E-state index in [0.29, 0.717) is 5.69 Å². The number of amidine groups is 1. The van der Waals surface area contributed by atoms with Crippen molar-refractivity contribution in [1.82, 2.24) is 9.88 Å². The van der Waals surface area contributed by atoms with Crippen LogP contribution in [-0.4, -0.2) is 51.3 Å². The zero-order valence-electron chi connectivity index (χ0n) is 16.5. The van der Waals surface area contributed by atoms with Crippen LogP contribution in [0.5, 0.6) is 0 Å². The molecule has 1 aliphatic heterocycles. The smallest absolute Gasteiger partial charge is 0.338 e. The van der Waals surface area contributed by atoms with Gasteiger partial charge >= 0.3 is 5.97 Å². The van der Waals surface area contributed by atoms with Crippen molar-refractivity contribution in [2.75, 3.05) is 6.61 Å². The number of esters is 1. The number of hydrogen-bond donors (Lipinski definition) is 0. The van der Waals surface area contributed by atoms with Crippen molar-refractivity contribution in [3.05, 3.63) is 51.7 Å². The molecule has 0 saturated carbocycles. The van der Waals surface area contributed by atoms with E-state index in [0.717, 1.165) is 5.01 Å². The fourth-order valence-corrected chi connectivity index (χ4v) is 4.26. The Kier molecular flexibility index (Phi) is 6.05. The number of carbonyl (C=O) groups is 2. The largest absolute Gasteiger partial charge is 0.463 e. The Morgan fingerprint density at radius 2 is 2.10 bits per heavy atom. The van der Waals surface area contributed by atoms with Crippen molar-refractivity contribution in [1.29, 1.82) is 0 Å². The molecular weight excluding hydrogens is 417 g/mol. The molecule has 0 bridgehead atoms. The van der Waals surface area contributed by atoms with Crippen molar-refractivity contribution in [3.8, 4) is 0 Å². The summed E-state index contributed by atoms with van der Waals surface area (Å²) in [6.45, 7) is 6.49. The molecule has 1 aliphatic carbocycles. The van der Waals surface area contributed by atoms with E-state index in [1.54, 1.807) is 25.3 Å². The summed E-state index contributed by atoms with van der Waals surface area (Å²) < 4.78 is 21.3. The number of halogens is 2. The number of aromatic nitrogens is 1. The van der Waals surface area contributed by atoms with Crippen molar-refractivity contribution in [3.63, 3.8) is 0 Å². The molecule has 0 fully saturated rings. The molecule has 29 heavy (non-hydrogen) atoms. The number of carbonyl (C=O) groups excluding carboxylic acids is 2. The lowest BCUT2D eigenvalue weighted by Gasteiger charge is -2.39. The summed E-state index contributed by atoms with van der Waals surface area (Å²) in [6, 6.07) is -1.29. The lowest BCUT2D eigenvalue weighted by atomic mass is 9.82. The van der Waals surface area contributed by atoms with Crippen molar-refractivity contribution < 1.29 is 18.7 Å². The predicted octanol–water partition coefficient (Wildman–Crippen LogP) is 3.71. The van der Waals surface area contributed by atoms with Gasteiger partial charge in [0.05, 0.1) is 22.6 Å². The number of rotatable bonds is 4. The van der Waals surface area contributed by atoms with Gasteiger partial charge in [-0.2, -0.15) is 0 Å². The average Bonchev–Trinajstić information content (AvgIpc) is 3.09. The minimum Gasteiger partial charge on any atom is -0.463 e. The fraction of sp³-hybridized carbons (Fsp3) is 0.400. The second kappa shape index (κ2) is 8.20. The molecular formula is C20H21ClFN3O3S.